The summed E-state index contributed by atoms with van der Waals surface area (Å²) in [6.45, 7) is 0.194. The highest BCUT2D eigenvalue weighted by atomic mass is 35.5. The average molecular weight is 498 g/mol. The van der Waals surface area contributed by atoms with E-state index in [1.54, 1.807) is 0 Å². The van der Waals surface area contributed by atoms with E-state index in [4.69, 9.17) is 26.6 Å². The minimum absolute atomic E-state index is 0.100. The monoisotopic (exact) mass is 497 g/mol. The number of hydrogen-bond donors (Lipinski definition) is 3. The Balaban J connectivity index is 1.88. The number of rotatable bonds is 7. The molecular formula is C18H16ClN5O6S2. The number of primary sulfonamides is 2. The average Bonchev–Trinajstić information content (AvgIpc) is 2.71. The van der Waals surface area contributed by atoms with Crippen molar-refractivity contribution in [2.24, 2.45) is 10.3 Å². The maximum atomic E-state index is 12.6. The Morgan fingerprint density at radius 2 is 1.62 bits per heavy atom. The number of benzene rings is 2. The van der Waals surface area contributed by atoms with Crippen LogP contribution in [0.25, 0.3) is 0 Å². The van der Waals surface area contributed by atoms with Gasteiger partial charge < -0.3 is 10.1 Å². The van der Waals surface area contributed by atoms with Crippen LogP contribution in [-0.2, 0) is 26.7 Å². The van der Waals surface area contributed by atoms with Gasteiger partial charge in [0.2, 0.25) is 25.9 Å². The molecule has 0 unspecified atom stereocenters. The van der Waals surface area contributed by atoms with Crippen LogP contribution in [0.4, 0.5) is 5.69 Å². The highest BCUT2D eigenvalue weighted by Crippen LogP contribution is 2.31. The fraction of sp³-hybridized carbons (Fsp3) is 0.0556. The third-order valence-electron chi connectivity index (χ3n) is 4.00. The molecule has 0 atom stereocenters. The van der Waals surface area contributed by atoms with E-state index in [-0.39, 0.29) is 23.9 Å². The molecule has 3 rings (SSSR count). The highest BCUT2D eigenvalue weighted by Gasteiger charge is 2.24. The van der Waals surface area contributed by atoms with Crippen LogP contribution in [0.1, 0.15) is 16.1 Å². The molecule has 11 nitrogen and oxygen atoms in total. The van der Waals surface area contributed by atoms with Crippen LogP contribution in [0, 0.1) is 0 Å². The highest BCUT2D eigenvalue weighted by molar-refractivity contribution is 7.90. The summed E-state index contributed by atoms with van der Waals surface area (Å²) in [7, 11) is -8.81. The summed E-state index contributed by atoms with van der Waals surface area (Å²) in [4.78, 5) is 19.0. The molecule has 0 spiro atoms. The molecule has 3 aromatic rings. The Bertz CT molecular complexity index is 1380. The lowest BCUT2D eigenvalue weighted by molar-refractivity contribution is 0.102. The van der Waals surface area contributed by atoms with E-state index >= 15 is 0 Å². The molecule has 1 amide bonds. The van der Waals surface area contributed by atoms with Crippen molar-refractivity contribution in [2.75, 3.05) is 5.32 Å². The van der Waals surface area contributed by atoms with Crippen LogP contribution in [0.3, 0.4) is 0 Å². The number of hydrogen-bond acceptors (Lipinski definition) is 8. The van der Waals surface area contributed by atoms with Gasteiger partial charge in [0, 0.05) is 6.07 Å². The van der Waals surface area contributed by atoms with Crippen LogP contribution in [0.15, 0.2) is 64.6 Å². The van der Waals surface area contributed by atoms with E-state index in [0.717, 1.165) is 18.0 Å². The largest absolute Gasteiger partial charge is 0.473 e. The minimum Gasteiger partial charge on any atom is -0.473 e. The summed E-state index contributed by atoms with van der Waals surface area (Å²) in [5, 5.41) is 12.1. The number of carbonyl (C=O) groups excluding carboxylic acids is 1. The third-order valence-corrected chi connectivity index (χ3v) is 6.33. The molecule has 1 heterocycles. The first-order valence-corrected chi connectivity index (χ1v) is 12.1. The smallest absolute Gasteiger partial charge is 0.274 e. The first kappa shape index (κ1) is 23.6. The van der Waals surface area contributed by atoms with Crippen molar-refractivity contribution < 1.29 is 26.4 Å². The number of halogens is 1. The first-order valence-electron chi connectivity index (χ1n) is 8.64. The number of amides is 1. The van der Waals surface area contributed by atoms with Gasteiger partial charge in [0.15, 0.2) is 0 Å². The van der Waals surface area contributed by atoms with E-state index in [1.165, 1.54) is 6.07 Å². The summed E-state index contributed by atoms with van der Waals surface area (Å²) in [5.74, 6) is -0.746. The third kappa shape index (κ3) is 5.77. The second-order valence-corrected chi connectivity index (χ2v) is 9.81. The van der Waals surface area contributed by atoms with Crippen molar-refractivity contribution in [3.05, 3.63) is 71.1 Å². The van der Waals surface area contributed by atoms with Gasteiger partial charge in [0.25, 0.3) is 5.91 Å². The van der Waals surface area contributed by atoms with Gasteiger partial charge in [0.05, 0.1) is 10.7 Å². The van der Waals surface area contributed by atoms with E-state index in [2.05, 4.69) is 15.3 Å². The second-order valence-electron chi connectivity index (χ2n) is 6.34. The van der Waals surface area contributed by atoms with E-state index in [9.17, 15) is 21.6 Å². The minimum atomic E-state index is -4.46. The van der Waals surface area contributed by atoms with Gasteiger partial charge in [-0.2, -0.15) is 0 Å². The van der Waals surface area contributed by atoms with Crippen molar-refractivity contribution in [1.82, 2.24) is 9.97 Å². The maximum Gasteiger partial charge on any atom is 0.274 e. The van der Waals surface area contributed by atoms with Gasteiger partial charge >= 0.3 is 0 Å². The predicted molar refractivity (Wildman–Crippen MR) is 115 cm³/mol. The quantitative estimate of drug-likeness (QED) is 0.435. The number of aromatic nitrogens is 2. The zero-order chi connectivity index (χ0) is 23.5. The molecule has 1 aromatic heterocycles. The summed E-state index contributed by atoms with van der Waals surface area (Å²) >= 11 is 5.90. The lowest BCUT2D eigenvalue weighted by atomic mass is 10.2. The van der Waals surface area contributed by atoms with Crippen molar-refractivity contribution in [1.29, 1.82) is 0 Å². The topological polar surface area (TPSA) is 184 Å². The predicted octanol–water partition coefficient (Wildman–Crippen LogP) is 1.26. The van der Waals surface area contributed by atoms with Crippen LogP contribution >= 0.6 is 11.6 Å². The fourth-order valence-corrected chi connectivity index (χ4v) is 4.42. The van der Waals surface area contributed by atoms with Gasteiger partial charge in [-0.3, -0.25) is 4.79 Å². The first-order chi connectivity index (χ1) is 14.9. The Labute approximate surface area is 188 Å². The van der Waals surface area contributed by atoms with E-state index in [1.807, 2.05) is 30.3 Å². The Kier molecular flexibility index (Phi) is 6.76. The number of nitrogens with two attached hydrogens (primary N) is 2. The summed E-state index contributed by atoms with van der Waals surface area (Å²) in [6, 6.07) is 12.0. The number of anilines is 1. The van der Waals surface area contributed by atoms with Crippen molar-refractivity contribution in [2.45, 2.75) is 16.4 Å². The summed E-state index contributed by atoms with van der Waals surface area (Å²) < 4.78 is 52.7. The number of carbonyl (C=O) groups is 1. The molecule has 0 bridgehead atoms. The molecule has 168 valence electrons. The molecule has 14 heteroatoms. The molecule has 2 aromatic carbocycles. The molecule has 0 radical (unpaired) electrons. The van der Waals surface area contributed by atoms with Gasteiger partial charge in [-0.25, -0.2) is 37.1 Å². The maximum absolute atomic E-state index is 12.6. The molecule has 0 saturated carbocycles. The lowest BCUT2D eigenvalue weighted by Gasteiger charge is -2.13. The number of nitrogens with one attached hydrogen (secondary N) is 1. The zero-order valence-electron chi connectivity index (χ0n) is 16.1. The summed E-state index contributed by atoms with van der Waals surface area (Å²) in [5.41, 5.74) is 0.356. The Morgan fingerprint density at radius 1 is 0.969 bits per heavy atom. The second kappa shape index (κ2) is 9.18. The Hall–Kier alpha value is -3.10. The standard InChI is InChI=1S/C18H16ClN5O6S2/c19-12-6-13(16(32(21,28)29)8-15(12)31(20,26)27)24-18(25)14-7-17(23-10-22-14)30-9-11-4-2-1-3-5-11/h1-8,10H,9H2,(H,24,25)(H2,20,26,27)(H2,21,28,29). The molecule has 0 aliphatic rings. The number of ether oxygens (including phenoxy) is 1. The van der Waals surface area contributed by atoms with Crippen molar-refractivity contribution in [3.8, 4) is 5.88 Å². The Morgan fingerprint density at radius 3 is 2.25 bits per heavy atom. The molecule has 0 aliphatic heterocycles. The normalized spacial score (nSPS) is 11.7. The van der Waals surface area contributed by atoms with Crippen LogP contribution < -0.4 is 20.3 Å². The molecular weight excluding hydrogens is 482 g/mol. The van der Waals surface area contributed by atoms with Gasteiger partial charge in [-0.05, 0) is 17.7 Å². The van der Waals surface area contributed by atoms with E-state index < -0.39 is 40.8 Å². The summed E-state index contributed by atoms with van der Waals surface area (Å²) in [6.07, 6.45) is 1.09. The van der Waals surface area contributed by atoms with Gasteiger partial charge in [-0.15, -0.1) is 0 Å². The van der Waals surface area contributed by atoms with Crippen LogP contribution in [-0.4, -0.2) is 32.7 Å². The SMILES string of the molecule is NS(=O)(=O)c1cc(S(N)(=O)=O)c(NC(=O)c2cc(OCc3ccccc3)ncn2)cc1Cl. The molecule has 0 aliphatic carbocycles. The van der Waals surface area contributed by atoms with Gasteiger partial charge in [-0.1, -0.05) is 41.9 Å². The molecule has 32 heavy (non-hydrogen) atoms. The fourth-order valence-electron chi connectivity index (χ4n) is 2.55. The molecule has 5 N–H and O–H groups in total. The van der Waals surface area contributed by atoms with Crippen LogP contribution in [0.5, 0.6) is 5.88 Å². The number of nitrogens with zero attached hydrogens (tertiary/aromatic N) is 2. The zero-order valence-corrected chi connectivity index (χ0v) is 18.5. The van der Waals surface area contributed by atoms with Crippen molar-refractivity contribution >= 4 is 43.2 Å². The van der Waals surface area contributed by atoms with E-state index in [0.29, 0.717) is 6.07 Å². The van der Waals surface area contributed by atoms with Crippen LogP contribution in [0.2, 0.25) is 5.02 Å². The lowest BCUT2D eigenvalue weighted by Crippen LogP contribution is -2.21. The number of sulfonamides is 2. The molecule has 0 saturated heterocycles. The van der Waals surface area contributed by atoms with Crippen molar-refractivity contribution in [3.63, 3.8) is 0 Å². The van der Waals surface area contributed by atoms with Gasteiger partial charge in [0.1, 0.15) is 28.4 Å². The molecule has 0 fully saturated rings.